The zero-order valence-corrected chi connectivity index (χ0v) is 20.7. The number of nitrogens with zero attached hydrogens (tertiary/aromatic N) is 5. The summed E-state index contributed by atoms with van der Waals surface area (Å²) >= 11 is 0. The SMILES string of the molecule is O=C1c2nn(-c3ncccc3OCc3ccccc3)cc2C(c2ccc(C(F)(F)F)cn2)N1C1CCOCC1. The van der Waals surface area contributed by atoms with Crippen molar-refractivity contribution in [3.8, 4) is 11.6 Å². The van der Waals surface area contributed by atoms with Crippen LogP contribution < -0.4 is 4.74 Å². The molecule has 6 rings (SSSR count). The van der Waals surface area contributed by atoms with Gasteiger partial charge in [0.25, 0.3) is 5.91 Å². The van der Waals surface area contributed by atoms with Crippen LogP contribution in [0, 0.1) is 0 Å². The first-order chi connectivity index (χ1) is 18.9. The van der Waals surface area contributed by atoms with Crippen molar-refractivity contribution < 1.29 is 27.4 Å². The van der Waals surface area contributed by atoms with E-state index in [1.807, 2.05) is 30.3 Å². The van der Waals surface area contributed by atoms with E-state index in [4.69, 9.17) is 9.47 Å². The zero-order valence-electron chi connectivity index (χ0n) is 20.7. The lowest BCUT2D eigenvalue weighted by Gasteiger charge is -2.35. The summed E-state index contributed by atoms with van der Waals surface area (Å²) in [6.07, 6.45) is 0.813. The van der Waals surface area contributed by atoms with Gasteiger partial charge in [-0.1, -0.05) is 30.3 Å². The van der Waals surface area contributed by atoms with Crippen LogP contribution in [0.5, 0.6) is 5.75 Å². The lowest BCUT2D eigenvalue weighted by molar-refractivity contribution is -0.137. The molecule has 11 heteroatoms. The Morgan fingerprint density at radius 3 is 2.51 bits per heavy atom. The topological polar surface area (TPSA) is 82.4 Å². The number of pyridine rings is 2. The predicted octanol–water partition coefficient (Wildman–Crippen LogP) is 4.98. The number of fused-ring (bicyclic) bond motifs is 1. The van der Waals surface area contributed by atoms with Crippen molar-refractivity contribution >= 4 is 5.91 Å². The molecule has 1 unspecified atom stereocenters. The van der Waals surface area contributed by atoms with Gasteiger partial charge < -0.3 is 14.4 Å². The Bertz CT molecular complexity index is 1470. The first-order valence-corrected chi connectivity index (χ1v) is 12.6. The summed E-state index contributed by atoms with van der Waals surface area (Å²) in [5.41, 5.74) is 1.23. The van der Waals surface area contributed by atoms with Crippen LogP contribution in [0.1, 0.15) is 51.8 Å². The molecule has 2 aliphatic heterocycles. The van der Waals surface area contributed by atoms with Crippen LogP contribution in [0.3, 0.4) is 0 Å². The van der Waals surface area contributed by atoms with Gasteiger partial charge in [0.1, 0.15) is 12.6 Å². The molecule has 3 aromatic heterocycles. The number of hydrogen-bond donors (Lipinski definition) is 0. The highest BCUT2D eigenvalue weighted by Gasteiger charge is 2.45. The highest BCUT2D eigenvalue weighted by molar-refractivity contribution is 5.98. The number of carbonyl (C=O) groups excluding carboxylic acids is 1. The lowest BCUT2D eigenvalue weighted by Crippen LogP contribution is -2.42. The average Bonchev–Trinajstić information content (AvgIpc) is 3.50. The maximum absolute atomic E-state index is 13.7. The van der Waals surface area contributed by atoms with Crippen LogP contribution in [0.15, 0.2) is 73.2 Å². The molecule has 5 heterocycles. The van der Waals surface area contributed by atoms with Gasteiger partial charge in [-0.2, -0.15) is 18.3 Å². The van der Waals surface area contributed by atoms with Gasteiger partial charge in [0.2, 0.25) is 0 Å². The number of amides is 1. The van der Waals surface area contributed by atoms with Gasteiger partial charge in [-0.05, 0) is 42.7 Å². The predicted molar refractivity (Wildman–Crippen MR) is 133 cm³/mol. The van der Waals surface area contributed by atoms with Crippen LogP contribution in [-0.4, -0.2) is 49.8 Å². The number of ether oxygens (including phenoxy) is 2. The van der Waals surface area contributed by atoms with Crippen molar-refractivity contribution in [1.29, 1.82) is 0 Å². The summed E-state index contributed by atoms with van der Waals surface area (Å²) in [5, 5.41) is 4.58. The van der Waals surface area contributed by atoms with Crippen LogP contribution >= 0.6 is 0 Å². The zero-order chi connectivity index (χ0) is 27.0. The third-order valence-electron chi connectivity index (χ3n) is 6.94. The van der Waals surface area contributed by atoms with E-state index >= 15 is 0 Å². The maximum atomic E-state index is 13.7. The van der Waals surface area contributed by atoms with Crippen molar-refractivity contribution in [3.63, 3.8) is 0 Å². The Hall–Kier alpha value is -4.25. The fourth-order valence-electron chi connectivity index (χ4n) is 5.03. The molecule has 8 nitrogen and oxygen atoms in total. The quantitative estimate of drug-likeness (QED) is 0.346. The normalized spacial score (nSPS) is 17.9. The molecule has 0 bridgehead atoms. The smallest absolute Gasteiger partial charge is 0.417 e. The van der Waals surface area contributed by atoms with Gasteiger partial charge >= 0.3 is 6.18 Å². The minimum Gasteiger partial charge on any atom is -0.485 e. The van der Waals surface area contributed by atoms with E-state index in [1.54, 1.807) is 29.4 Å². The van der Waals surface area contributed by atoms with E-state index < -0.39 is 17.8 Å². The van der Waals surface area contributed by atoms with E-state index in [0.29, 0.717) is 55.5 Å². The van der Waals surface area contributed by atoms with E-state index in [1.165, 1.54) is 10.7 Å². The molecule has 0 spiro atoms. The molecule has 4 aromatic rings. The lowest BCUT2D eigenvalue weighted by atomic mass is 10.0. The Morgan fingerprint density at radius 1 is 1.00 bits per heavy atom. The van der Waals surface area contributed by atoms with Crippen LogP contribution in [0.25, 0.3) is 5.82 Å². The summed E-state index contributed by atoms with van der Waals surface area (Å²) in [6, 6.07) is 14.7. The first kappa shape index (κ1) is 25.1. The standard InChI is InChI=1S/C28H24F3N5O3/c29-28(30,31)19-8-9-22(33-15-19)25-21-16-35(34-24(21)27(37)36(25)20-10-13-38-14-11-20)26-23(7-4-12-32-26)39-17-18-5-2-1-3-6-18/h1-9,12,15-16,20,25H,10-11,13-14,17H2. The molecule has 200 valence electrons. The number of alkyl halides is 3. The van der Waals surface area contributed by atoms with Crippen molar-refractivity contribution in [2.75, 3.05) is 13.2 Å². The third kappa shape index (κ3) is 4.85. The van der Waals surface area contributed by atoms with Gasteiger partial charge in [-0.3, -0.25) is 9.78 Å². The number of aromatic nitrogens is 4. The molecule has 1 atom stereocenters. The second-order valence-corrected chi connectivity index (χ2v) is 9.41. The second-order valence-electron chi connectivity index (χ2n) is 9.41. The maximum Gasteiger partial charge on any atom is 0.417 e. The Kier molecular flexibility index (Phi) is 6.51. The molecule has 1 fully saturated rings. The summed E-state index contributed by atoms with van der Waals surface area (Å²) < 4.78 is 52.6. The number of benzene rings is 1. The highest BCUT2D eigenvalue weighted by atomic mass is 19.4. The fourth-order valence-corrected chi connectivity index (χ4v) is 5.03. The minimum absolute atomic E-state index is 0.150. The van der Waals surface area contributed by atoms with E-state index in [0.717, 1.165) is 17.8 Å². The Morgan fingerprint density at radius 2 is 1.79 bits per heavy atom. The number of hydrogen-bond acceptors (Lipinski definition) is 6. The Balaban J connectivity index is 1.37. The van der Waals surface area contributed by atoms with Gasteiger partial charge in [0, 0.05) is 43.4 Å². The minimum atomic E-state index is -4.51. The van der Waals surface area contributed by atoms with E-state index in [-0.39, 0.29) is 17.6 Å². The van der Waals surface area contributed by atoms with Crippen molar-refractivity contribution in [2.45, 2.75) is 37.7 Å². The monoisotopic (exact) mass is 535 g/mol. The number of rotatable bonds is 6. The molecule has 39 heavy (non-hydrogen) atoms. The van der Waals surface area contributed by atoms with E-state index in [9.17, 15) is 18.0 Å². The summed E-state index contributed by atoms with van der Waals surface area (Å²) in [4.78, 5) is 24.0. The van der Waals surface area contributed by atoms with Gasteiger partial charge in [-0.25, -0.2) is 9.67 Å². The van der Waals surface area contributed by atoms with Crippen LogP contribution in [0.4, 0.5) is 13.2 Å². The fraction of sp³-hybridized carbons (Fsp3) is 0.286. The van der Waals surface area contributed by atoms with Crippen molar-refractivity contribution in [3.05, 3.63) is 101 Å². The summed E-state index contributed by atoms with van der Waals surface area (Å²) in [5.74, 6) is 0.567. The van der Waals surface area contributed by atoms with E-state index in [2.05, 4.69) is 15.1 Å². The molecule has 2 aliphatic rings. The molecule has 1 aromatic carbocycles. The van der Waals surface area contributed by atoms with Crippen LogP contribution in [0.2, 0.25) is 0 Å². The molecule has 1 amide bonds. The molecular formula is C28H24F3N5O3. The van der Waals surface area contributed by atoms with Gasteiger partial charge in [-0.15, -0.1) is 0 Å². The number of carbonyl (C=O) groups is 1. The molecule has 0 aliphatic carbocycles. The molecule has 0 saturated carbocycles. The first-order valence-electron chi connectivity index (χ1n) is 12.6. The summed E-state index contributed by atoms with van der Waals surface area (Å²) in [6.45, 7) is 1.31. The second kappa shape index (κ2) is 10.1. The largest absolute Gasteiger partial charge is 0.485 e. The summed E-state index contributed by atoms with van der Waals surface area (Å²) in [7, 11) is 0. The number of halogens is 3. The van der Waals surface area contributed by atoms with Crippen molar-refractivity contribution in [1.82, 2.24) is 24.6 Å². The highest BCUT2D eigenvalue weighted by Crippen LogP contribution is 2.41. The Labute approximate surface area is 222 Å². The van der Waals surface area contributed by atoms with Crippen molar-refractivity contribution in [2.24, 2.45) is 0 Å². The van der Waals surface area contributed by atoms with Gasteiger partial charge in [0.05, 0.1) is 11.3 Å². The molecular weight excluding hydrogens is 511 g/mol. The average molecular weight is 536 g/mol. The molecule has 0 radical (unpaired) electrons. The third-order valence-corrected chi connectivity index (χ3v) is 6.94. The van der Waals surface area contributed by atoms with Gasteiger partial charge in [0.15, 0.2) is 17.3 Å². The molecule has 0 N–H and O–H groups in total. The molecule has 1 saturated heterocycles. The van der Waals surface area contributed by atoms with Crippen LogP contribution in [-0.2, 0) is 17.5 Å².